The van der Waals surface area contributed by atoms with E-state index < -0.39 is 5.54 Å². The molecular weight excluding hydrogens is 180 g/mol. The summed E-state index contributed by atoms with van der Waals surface area (Å²) in [5.74, 6) is 0.410. The van der Waals surface area contributed by atoms with Crippen LogP contribution < -0.4 is 5.73 Å². The number of aliphatic hydroxyl groups is 1. The fourth-order valence-corrected chi connectivity index (χ4v) is 2.15. The molecule has 1 aliphatic carbocycles. The summed E-state index contributed by atoms with van der Waals surface area (Å²) in [5, 5.41) is 9.55. The molecule has 2 aliphatic rings. The zero-order chi connectivity index (χ0) is 10.3. The lowest BCUT2D eigenvalue weighted by Gasteiger charge is -2.35. The normalized spacial score (nSPS) is 35.5. The Hall–Kier alpha value is -0.610. The van der Waals surface area contributed by atoms with Gasteiger partial charge in [0.05, 0.1) is 11.6 Å². The Morgan fingerprint density at radius 2 is 2.14 bits per heavy atom. The van der Waals surface area contributed by atoms with Crippen LogP contribution in [0.3, 0.4) is 0 Å². The Balaban J connectivity index is 2.00. The van der Waals surface area contributed by atoms with Crippen LogP contribution in [0.2, 0.25) is 0 Å². The molecule has 1 amide bonds. The molecule has 1 aliphatic heterocycles. The maximum Gasteiger partial charge on any atom is 0.242 e. The molecule has 4 nitrogen and oxygen atoms in total. The highest BCUT2D eigenvalue weighted by atomic mass is 16.3. The standard InChI is InChI=1S/C10H18N2O2/c1-7-4-8(13)6-12(5-7)9(14)10(11)2-3-10/h7-8,13H,2-6,11H2,1H3/t7-,8+/m1/s1. The fraction of sp³-hybridized carbons (Fsp3) is 0.900. The van der Waals surface area contributed by atoms with E-state index in [1.54, 1.807) is 4.90 Å². The lowest BCUT2D eigenvalue weighted by Crippen LogP contribution is -2.52. The first-order valence-electron chi connectivity index (χ1n) is 5.27. The number of aliphatic hydroxyl groups excluding tert-OH is 1. The Morgan fingerprint density at radius 1 is 1.50 bits per heavy atom. The molecule has 0 radical (unpaired) electrons. The highest BCUT2D eigenvalue weighted by Gasteiger charge is 2.49. The van der Waals surface area contributed by atoms with E-state index in [0.29, 0.717) is 12.5 Å². The second-order valence-corrected chi connectivity index (χ2v) is 4.86. The number of piperidine rings is 1. The van der Waals surface area contributed by atoms with Gasteiger partial charge in [-0.05, 0) is 25.2 Å². The van der Waals surface area contributed by atoms with Crippen LogP contribution >= 0.6 is 0 Å². The molecule has 0 spiro atoms. The predicted molar refractivity (Wildman–Crippen MR) is 52.5 cm³/mol. The number of carbonyl (C=O) groups is 1. The van der Waals surface area contributed by atoms with Gasteiger partial charge in [0.1, 0.15) is 0 Å². The molecular formula is C10H18N2O2. The van der Waals surface area contributed by atoms with Gasteiger partial charge < -0.3 is 15.7 Å². The van der Waals surface area contributed by atoms with Crippen molar-refractivity contribution < 1.29 is 9.90 Å². The number of hydrogen-bond donors (Lipinski definition) is 2. The van der Waals surface area contributed by atoms with Gasteiger partial charge in [0.25, 0.3) is 0 Å². The monoisotopic (exact) mass is 198 g/mol. The van der Waals surface area contributed by atoms with Crippen molar-refractivity contribution in [2.24, 2.45) is 11.7 Å². The number of nitrogens with zero attached hydrogens (tertiary/aromatic N) is 1. The number of β-amino-alcohol motifs (C(OH)–C–C–N with tert-alkyl or cyclic N) is 1. The summed E-state index contributed by atoms with van der Waals surface area (Å²) in [6.07, 6.45) is 2.02. The van der Waals surface area contributed by atoms with Crippen LogP contribution in [-0.4, -0.2) is 40.6 Å². The van der Waals surface area contributed by atoms with Gasteiger partial charge >= 0.3 is 0 Å². The summed E-state index contributed by atoms with van der Waals surface area (Å²) >= 11 is 0. The van der Waals surface area contributed by atoms with Gasteiger partial charge in [-0.2, -0.15) is 0 Å². The number of amides is 1. The minimum absolute atomic E-state index is 0.0306. The van der Waals surface area contributed by atoms with Crippen molar-refractivity contribution in [2.45, 2.75) is 37.8 Å². The van der Waals surface area contributed by atoms with Crippen molar-refractivity contribution in [2.75, 3.05) is 13.1 Å². The van der Waals surface area contributed by atoms with Crippen LogP contribution in [0, 0.1) is 5.92 Å². The number of nitrogens with two attached hydrogens (primary N) is 1. The Labute approximate surface area is 84.1 Å². The van der Waals surface area contributed by atoms with Crippen LogP contribution in [0.5, 0.6) is 0 Å². The number of hydrogen-bond acceptors (Lipinski definition) is 3. The molecule has 3 N–H and O–H groups in total. The maximum atomic E-state index is 11.9. The van der Waals surface area contributed by atoms with E-state index in [-0.39, 0.29) is 12.0 Å². The van der Waals surface area contributed by atoms with Crippen molar-refractivity contribution in [3.8, 4) is 0 Å². The van der Waals surface area contributed by atoms with Crippen LogP contribution in [0.25, 0.3) is 0 Å². The maximum absolute atomic E-state index is 11.9. The first kappa shape index (κ1) is 9.93. The Bertz CT molecular complexity index is 241. The molecule has 2 fully saturated rings. The molecule has 0 unspecified atom stereocenters. The third-order valence-corrected chi connectivity index (χ3v) is 3.14. The molecule has 2 atom stereocenters. The second-order valence-electron chi connectivity index (χ2n) is 4.86. The first-order chi connectivity index (χ1) is 6.51. The largest absolute Gasteiger partial charge is 0.391 e. The molecule has 0 aromatic rings. The van der Waals surface area contributed by atoms with Crippen LogP contribution in [-0.2, 0) is 4.79 Å². The number of likely N-dealkylation sites (tertiary alicyclic amines) is 1. The van der Waals surface area contributed by atoms with E-state index in [0.717, 1.165) is 25.8 Å². The fourth-order valence-electron chi connectivity index (χ4n) is 2.15. The summed E-state index contributed by atoms with van der Waals surface area (Å²) in [6, 6.07) is 0. The van der Waals surface area contributed by atoms with Crippen LogP contribution in [0.4, 0.5) is 0 Å². The zero-order valence-corrected chi connectivity index (χ0v) is 8.57. The Kier molecular flexibility index (Phi) is 2.27. The van der Waals surface area contributed by atoms with E-state index in [4.69, 9.17) is 5.73 Å². The summed E-state index contributed by atoms with van der Waals surface area (Å²) in [5.41, 5.74) is 5.25. The SMILES string of the molecule is C[C@@H]1C[C@H](O)CN(C(=O)C2(N)CC2)C1. The molecule has 1 heterocycles. The smallest absolute Gasteiger partial charge is 0.242 e. The highest BCUT2D eigenvalue weighted by molar-refractivity contribution is 5.89. The number of rotatable bonds is 1. The van der Waals surface area contributed by atoms with E-state index in [1.807, 2.05) is 0 Å². The molecule has 0 bridgehead atoms. The van der Waals surface area contributed by atoms with Gasteiger partial charge in [-0.1, -0.05) is 6.92 Å². The van der Waals surface area contributed by atoms with E-state index in [1.165, 1.54) is 0 Å². The van der Waals surface area contributed by atoms with Crippen molar-refractivity contribution in [1.29, 1.82) is 0 Å². The lowest BCUT2D eigenvalue weighted by molar-refractivity contribution is -0.137. The third kappa shape index (κ3) is 1.77. The van der Waals surface area contributed by atoms with Crippen LogP contribution in [0.1, 0.15) is 26.2 Å². The van der Waals surface area contributed by atoms with Crippen molar-refractivity contribution >= 4 is 5.91 Å². The third-order valence-electron chi connectivity index (χ3n) is 3.14. The minimum Gasteiger partial charge on any atom is -0.391 e. The lowest BCUT2D eigenvalue weighted by atomic mass is 9.97. The van der Waals surface area contributed by atoms with E-state index >= 15 is 0 Å². The molecule has 14 heavy (non-hydrogen) atoms. The summed E-state index contributed by atoms with van der Waals surface area (Å²) in [4.78, 5) is 13.6. The van der Waals surface area contributed by atoms with Crippen LogP contribution in [0.15, 0.2) is 0 Å². The predicted octanol–water partition coefficient (Wildman–Crippen LogP) is -0.293. The molecule has 4 heteroatoms. The topological polar surface area (TPSA) is 66.6 Å². The van der Waals surface area contributed by atoms with Crippen molar-refractivity contribution in [3.63, 3.8) is 0 Å². The van der Waals surface area contributed by atoms with Crippen molar-refractivity contribution in [3.05, 3.63) is 0 Å². The average Bonchev–Trinajstić information content (AvgIpc) is 2.82. The quantitative estimate of drug-likeness (QED) is 0.608. The van der Waals surface area contributed by atoms with Gasteiger partial charge in [0, 0.05) is 13.1 Å². The molecule has 0 aromatic heterocycles. The summed E-state index contributed by atoms with van der Waals surface area (Å²) in [6.45, 7) is 3.26. The molecule has 1 saturated carbocycles. The number of carbonyl (C=O) groups excluding carboxylic acids is 1. The minimum atomic E-state index is -0.587. The van der Waals surface area contributed by atoms with E-state index in [2.05, 4.69) is 6.92 Å². The average molecular weight is 198 g/mol. The van der Waals surface area contributed by atoms with E-state index in [9.17, 15) is 9.90 Å². The second kappa shape index (κ2) is 3.21. The molecule has 1 saturated heterocycles. The van der Waals surface area contributed by atoms with Gasteiger partial charge in [-0.15, -0.1) is 0 Å². The summed E-state index contributed by atoms with van der Waals surface area (Å²) in [7, 11) is 0. The van der Waals surface area contributed by atoms with Gasteiger partial charge in [0.15, 0.2) is 0 Å². The Morgan fingerprint density at radius 3 is 2.64 bits per heavy atom. The summed E-state index contributed by atoms with van der Waals surface area (Å²) < 4.78 is 0. The van der Waals surface area contributed by atoms with Gasteiger partial charge in [-0.25, -0.2) is 0 Å². The van der Waals surface area contributed by atoms with Gasteiger partial charge in [0.2, 0.25) is 5.91 Å². The molecule has 80 valence electrons. The highest BCUT2D eigenvalue weighted by Crippen LogP contribution is 2.35. The molecule has 2 rings (SSSR count). The van der Waals surface area contributed by atoms with Crippen molar-refractivity contribution in [1.82, 2.24) is 4.90 Å². The van der Waals surface area contributed by atoms with Gasteiger partial charge in [-0.3, -0.25) is 4.79 Å². The molecule has 0 aromatic carbocycles. The first-order valence-corrected chi connectivity index (χ1v) is 5.27. The zero-order valence-electron chi connectivity index (χ0n) is 8.57.